The number of methoxy groups -OCH3 is 1. The highest BCUT2D eigenvalue weighted by Crippen LogP contribution is 2.18. The molecule has 1 aromatic heterocycles. The number of hydrogen-bond acceptors (Lipinski definition) is 5. The van der Waals surface area contributed by atoms with Gasteiger partial charge in [-0.25, -0.2) is 14.2 Å². The van der Waals surface area contributed by atoms with Crippen molar-refractivity contribution in [3.63, 3.8) is 0 Å². The van der Waals surface area contributed by atoms with Crippen LogP contribution in [0.15, 0.2) is 36.8 Å². The molecule has 0 aliphatic rings. The predicted molar refractivity (Wildman–Crippen MR) is 67.7 cm³/mol. The maximum atomic E-state index is 13.2. The van der Waals surface area contributed by atoms with Crippen LogP contribution in [0.25, 0.3) is 0 Å². The summed E-state index contributed by atoms with van der Waals surface area (Å²) in [5.74, 6) is -1.87. The van der Waals surface area contributed by atoms with Crippen LogP contribution in [0, 0.1) is 5.82 Å². The Balaban J connectivity index is 2.31. The van der Waals surface area contributed by atoms with Gasteiger partial charge in [-0.05, 0) is 18.2 Å². The van der Waals surface area contributed by atoms with Crippen LogP contribution < -0.4 is 5.32 Å². The molecule has 0 saturated carbocycles. The first-order chi connectivity index (χ1) is 9.61. The maximum absolute atomic E-state index is 13.2. The number of rotatable bonds is 3. The van der Waals surface area contributed by atoms with Crippen LogP contribution in [0.2, 0.25) is 0 Å². The molecule has 1 aromatic carbocycles. The number of aromatic nitrogens is 2. The Labute approximate surface area is 113 Å². The Morgan fingerprint density at radius 1 is 1.30 bits per heavy atom. The number of anilines is 1. The van der Waals surface area contributed by atoms with E-state index in [1.54, 1.807) is 0 Å². The van der Waals surface area contributed by atoms with Crippen LogP contribution in [0.1, 0.15) is 20.8 Å². The number of benzene rings is 1. The zero-order valence-corrected chi connectivity index (χ0v) is 10.5. The molecule has 0 bridgehead atoms. The van der Waals surface area contributed by atoms with E-state index in [-0.39, 0.29) is 16.9 Å². The summed E-state index contributed by atoms with van der Waals surface area (Å²) < 4.78 is 17.8. The van der Waals surface area contributed by atoms with E-state index >= 15 is 0 Å². The van der Waals surface area contributed by atoms with E-state index in [2.05, 4.69) is 20.0 Å². The number of carbonyl (C=O) groups is 2. The Kier molecular flexibility index (Phi) is 3.99. The largest absolute Gasteiger partial charge is 0.465 e. The van der Waals surface area contributed by atoms with Gasteiger partial charge in [0.25, 0.3) is 5.91 Å². The molecule has 0 fully saturated rings. The fourth-order valence-electron chi connectivity index (χ4n) is 1.51. The molecule has 0 atom stereocenters. The molecule has 2 rings (SSSR count). The number of hydrogen-bond donors (Lipinski definition) is 1. The third kappa shape index (κ3) is 2.94. The van der Waals surface area contributed by atoms with Crippen LogP contribution in [0.5, 0.6) is 0 Å². The minimum absolute atomic E-state index is 0.00695. The fraction of sp³-hybridized carbons (Fsp3) is 0.0769. The van der Waals surface area contributed by atoms with Gasteiger partial charge in [-0.3, -0.25) is 9.78 Å². The van der Waals surface area contributed by atoms with E-state index in [9.17, 15) is 14.0 Å². The molecule has 102 valence electrons. The SMILES string of the molecule is COC(=O)c1ccc(F)cc1NC(=O)c1cnccn1. The Morgan fingerprint density at radius 3 is 2.75 bits per heavy atom. The quantitative estimate of drug-likeness (QED) is 0.861. The van der Waals surface area contributed by atoms with Crippen LogP contribution in [-0.2, 0) is 4.74 Å². The van der Waals surface area contributed by atoms with Crippen molar-refractivity contribution in [3.8, 4) is 0 Å². The standard InChI is InChI=1S/C13H10FN3O3/c1-20-13(19)9-3-2-8(14)6-10(9)17-12(18)11-7-15-4-5-16-11/h2-7H,1H3,(H,17,18). The first-order valence-corrected chi connectivity index (χ1v) is 5.57. The number of amides is 1. The van der Waals surface area contributed by atoms with Crippen molar-refractivity contribution >= 4 is 17.6 Å². The van der Waals surface area contributed by atoms with Gasteiger partial charge in [-0.2, -0.15) is 0 Å². The minimum Gasteiger partial charge on any atom is -0.465 e. The van der Waals surface area contributed by atoms with Gasteiger partial charge in [0.2, 0.25) is 0 Å². The van der Waals surface area contributed by atoms with Gasteiger partial charge in [-0.15, -0.1) is 0 Å². The molecular weight excluding hydrogens is 265 g/mol. The predicted octanol–water partition coefficient (Wildman–Crippen LogP) is 1.65. The molecule has 0 unspecified atom stereocenters. The van der Waals surface area contributed by atoms with E-state index < -0.39 is 17.7 Å². The molecule has 0 aliphatic carbocycles. The highest BCUT2D eigenvalue weighted by atomic mass is 19.1. The fourth-order valence-corrected chi connectivity index (χ4v) is 1.51. The third-order valence-corrected chi connectivity index (χ3v) is 2.43. The second-order valence-corrected chi connectivity index (χ2v) is 3.73. The molecule has 2 aromatic rings. The van der Waals surface area contributed by atoms with Gasteiger partial charge in [0, 0.05) is 12.4 Å². The molecule has 7 heteroatoms. The summed E-state index contributed by atoms with van der Waals surface area (Å²) in [5, 5.41) is 2.40. The molecule has 1 heterocycles. The van der Waals surface area contributed by atoms with Gasteiger partial charge in [0.15, 0.2) is 0 Å². The van der Waals surface area contributed by atoms with Crippen molar-refractivity contribution in [2.75, 3.05) is 12.4 Å². The van der Waals surface area contributed by atoms with Gasteiger partial charge in [0.05, 0.1) is 24.6 Å². The van der Waals surface area contributed by atoms with Gasteiger partial charge in [-0.1, -0.05) is 0 Å². The smallest absolute Gasteiger partial charge is 0.339 e. The minimum atomic E-state index is -0.681. The number of nitrogens with zero attached hydrogens (tertiary/aromatic N) is 2. The second kappa shape index (κ2) is 5.87. The maximum Gasteiger partial charge on any atom is 0.339 e. The van der Waals surface area contributed by atoms with E-state index in [4.69, 9.17) is 0 Å². The number of halogens is 1. The lowest BCUT2D eigenvalue weighted by molar-refractivity contribution is 0.0602. The summed E-state index contributed by atoms with van der Waals surface area (Å²) in [7, 11) is 1.19. The van der Waals surface area contributed by atoms with Crippen LogP contribution in [0.4, 0.5) is 10.1 Å². The number of nitrogens with one attached hydrogen (secondary N) is 1. The number of carbonyl (C=O) groups excluding carboxylic acids is 2. The third-order valence-electron chi connectivity index (χ3n) is 2.43. The summed E-state index contributed by atoms with van der Waals surface area (Å²) in [4.78, 5) is 31.0. The summed E-state index contributed by atoms with van der Waals surface area (Å²) in [6, 6.07) is 3.36. The molecule has 1 N–H and O–H groups in total. The Bertz CT molecular complexity index is 647. The Hall–Kier alpha value is -2.83. The highest BCUT2D eigenvalue weighted by molar-refractivity contribution is 6.06. The molecular formula is C13H10FN3O3. The average Bonchev–Trinajstić information content (AvgIpc) is 2.47. The van der Waals surface area contributed by atoms with E-state index in [1.807, 2.05) is 0 Å². The van der Waals surface area contributed by atoms with Crippen molar-refractivity contribution in [2.45, 2.75) is 0 Å². The van der Waals surface area contributed by atoms with Crippen LogP contribution >= 0.6 is 0 Å². The lowest BCUT2D eigenvalue weighted by Gasteiger charge is -2.09. The highest BCUT2D eigenvalue weighted by Gasteiger charge is 2.16. The van der Waals surface area contributed by atoms with Crippen molar-refractivity contribution in [2.24, 2.45) is 0 Å². The second-order valence-electron chi connectivity index (χ2n) is 3.73. The normalized spacial score (nSPS) is 9.90. The summed E-state index contributed by atoms with van der Waals surface area (Å²) >= 11 is 0. The van der Waals surface area contributed by atoms with Crippen molar-refractivity contribution in [3.05, 3.63) is 53.9 Å². The molecule has 1 amide bonds. The summed E-state index contributed by atoms with van der Waals surface area (Å²) in [5.41, 5.74) is 0.103. The summed E-state index contributed by atoms with van der Waals surface area (Å²) in [6.45, 7) is 0. The lowest BCUT2D eigenvalue weighted by Crippen LogP contribution is -2.17. The van der Waals surface area contributed by atoms with Crippen molar-refractivity contribution in [1.82, 2.24) is 9.97 Å². The molecule has 0 spiro atoms. The first kappa shape index (κ1) is 13.6. The summed E-state index contributed by atoms with van der Waals surface area (Å²) in [6.07, 6.45) is 4.02. The van der Waals surface area contributed by atoms with Crippen LogP contribution in [0.3, 0.4) is 0 Å². The van der Waals surface area contributed by atoms with E-state index in [1.165, 1.54) is 31.8 Å². The molecule has 20 heavy (non-hydrogen) atoms. The molecule has 0 aliphatic heterocycles. The van der Waals surface area contributed by atoms with Crippen molar-refractivity contribution < 1.29 is 18.7 Å². The lowest BCUT2D eigenvalue weighted by atomic mass is 10.1. The first-order valence-electron chi connectivity index (χ1n) is 5.57. The monoisotopic (exact) mass is 275 g/mol. The number of esters is 1. The van der Waals surface area contributed by atoms with Gasteiger partial charge < -0.3 is 10.1 Å². The topological polar surface area (TPSA) is 81.2 Å². The Morgan fingerprint density at radius 2 is 2.10 bits per heavy atom. The molecule has 0 saturated heterocycles. The van der Waals surface area contributed by atoms with Crippen molar-refractivity contribution in [1.29, 1.82) is 0 Å². The van der Waals surface area contributed by atoms with Gasteiger partial charge >= 0.3 is 5.97 Å². The van der Waals surface area contributed by atoms with E-state index in [0.717, 1.165) is 12.1 Å². The zero-order valence-electron chi connectivity index (χ0n) is 10.5. The number of ether oxygens (including phenoxy) is 1. The van der Waals surface area contributed by atoms with Crippen LogP contribution in [-0.4, -0.2) is 29.0 Å². The average molecular weight is 275 g/mol. The zero-order chi connectivity index (χ0) is 14.5. The van der Waals surface area contributed by atoms with E-state index in [0.29, 0.717) is 0 Å². The molecule has 0 radical (unpaired) electrons. The molecule has 6 nitrogen and oxygen atoms in total. The van der Waals surface area contributed by atoms with Gasteiger partial charge in [0.1, 0.15) is 11.5 Å².